The van der Waals surface area contributed by atoms with E-state index in [-0.39, 0.29) is 29.6 Å². The lowest BCUT2D eigenvalue weighted by Crippen LogP contribution is -2.47. The predicted octanol–water partition coefficient (Wildman–Crippen LogP) is 3.60. The molecule has 1 aliphatic heterocycles. The molecule has 1 saturated heterocycles. The number of carbonyl (C=O) groups excluding carboxylic acids is 3. The number of hydrogen-bond donors (Lipinski definition) is 2. The number of amides is 4. The third-order valence-corrected chi connectivity index (χ3v) is 8.26. The lowest BCUT2D eigenvalue weighted by atomic mass is 9.79. The van der Waals surface area contributed by atoms with Crippen molar-refractivity contribution in [2.45, 2.75) is 55.9 Å². The molecule has 5 rings (SSSR count). The molecule has 1 unspecified atom stereocenters. The lowest BCUT2D eigenvalue weighted by Gasteiger charge is -2.31. The third-order valence-electron chi connectivity index (χ3n) is 7.28. The molecule has 1 aromatic carbocycles. The number of nitrogens with zero attached hydrogens (tertiary/aromatic N) is 1. The number of imide groups is 1. The van der Waals surface area contributed by atoms with Crippen LogP contribution in [0.3, 0.4) is 0 Å². The Morgan fingerprint density at radius 2 is 1.84 bits per heavy atom. The van der Waals surface area contributed by atoms with Gasteiger partial charge in [-0.3, -0.25) is 14.5 Å². The first-order valence-corrected chi connectivity index (χ1v) is 12.1. The van der Waals surface area contributed by atoms with Crippen LogP contribution in [0.15, 0.2) is 35.7 Å². The summed E-state index contributed by atoms with van der Waals surface area (Å²) in [4.78, 5) is 40.9. The minimum atomic E-state index is -1.04. The minimum Gasteiger partial charge on any atom is -0.354 e. The van der Waals surface area contributed by atoms with Gasteiger partial charge >= 0.3 is 6.03 Å². The van der Waals surface area contributed by atoms with Gasteiger partial charge in [0, 0.05) is 22.4 Å². The molecule has 1 aromatic heterocycles. The smallest absolute Gasteiger partial charge is 0.325 e. The molecule has 8 heteroatoms. The molecule has 1 atom stereocenters. The highest BCUT2D eigenvalue weighted by Crippen LogP contribution is 2.42. The highest BCUT2D eigenvalue weighted by molar-refractivity contribution is 7.10. The van der Waals surface area contributed by atoms with Crippen LogP contribution in [0.2, 0.25) is 0 Å². The Kier molecular flexibility index (Phi) is 5.28. The Morgan fingerprint density at radius 3 is 2.59 bits per heavy atom. The summed E-state index contributed by atoms with van der Waals surface area (Å²) >= 11 is 1.60. The number of thiophene rings is 1. The number of fused-ring (bicyclic) bond motifs is 2. The third kappa shape index (κ3) is 3.41. The Hall–Kier alpha value is -2.74. The maximum absolute atomic E-state index is 13.4. The van der Waals surface area contributed by atoms with E-state index in [4.69, 9.17) is 0 Å². The highest BCUT2D eigenvalue weighted by atomic mass is 32.1. The molecule has 3 aliphatic rings. The SMILES string of the molecule is O=C(CN1C(=O)NC2(CCCc3sccc32)C1=O)NCC1(c2ccc(F)cc2)CCCC1. The number of hydrogen-bond acceptors (Lipinski definition) is 4. The fourth-order valence-electron chi connectivity index (χ4n) is 5.57. The van der Waals surface area contributed by atoms with Gasteiger partial charge in [-0.15, -0.1) is 11.3 Å². The number of nitrogens with one attached hydrogen (secondary N) is 2. The van der Waals surface area contributed by atoms with Crippen molar-refractivity contribution in [2.75, 3.05) is 13.1 Å². The molecular formula is C24H26FN3O3S. The van der Waals surface area contributed by atoms with E-state index in [0.29, 0.717) is 13.0 Å². The second-order valence-electron chi connectivity index (χ2n) is 9.11. The molecule has 4 amide bonds. The molecule has 2 aliphatic carbocycles. The summed E-state index contributed by atoms with van der Waals surface area (Å²) < 4.78 is 13.4. The van der Waals surface area contributed by atoms with E-state index in [1.807, 2.05) is 11.4 Å². The van der Waals surface area contributed by atoms with Crippen LogP contribution in [0, 0.1) is 5.82 Å². The van der Waals surface area contributed by atoms with Gasteiger partial charge in [-0.2, -0.15) is 0 Å². The van der Waals surface area contributed by atoms with Gasteiger partial charge in [0.2, 0.25) is 5.91 Å². The van der Waals surface area contributed by atoms with Gasteiger partial charge in [-0.1, -0.05) is 25.0 Å². The van der Waals surface area contributed by atoms with Gasteiger partial charge < -0.3 is 10.6 Å². The first kappa shape index (κ1) is 21.1. The molecule has 168 valence electrons. The van der Waals surface area contributed by atoms with Crippen LogP contribution in [0.5, 0.6) is 0 Å². The zero-order valence-electron chi connectivity index (χ0n) is 17.8. The summed E-state index contributed by atoms with van der Waals surface area (Å²) in [6, 6.07) is 7.87. The van der Waals surface area contributed by atoms with Crippen LogP contribution < -0.4 is 10.6 Å². The van der Waals surface area contributed by atoms with Crippen molar-refractivity contribution in [2.24, 2.45) is 0 Å². The molecule has 1 saturated carbocycles. The standard InChI is InChI=1S/C24H26FN3O3S/c25-17-7-5-16(6-8-17)23(10-1-2-11-23)15-26-20(29)14-28-21(30)24(27-22(28)31)12-3-4-19-18(24)9-13-32-19/h5-9,13H,1-4,10-12,14-15H2,(H,26,29)(H,27,31). The first-order valence-electron chi connectivity index (χ1n) is 11.2. The zero-order valence-corrected chi connectivity index (χ0v) is 18.6. The molecule has 0 radical (unpaired) electrons. The number of rotatable bonds is 5. The van der Waals surface area contributed by atoms with Crippen LogP contribution in [-0.2, 0) is 27.0 Å². The van der Waals surface area contributed by atoms with Crippen LogP contribution in [0.1, 0.15) is 54.5 Å². The van der Waals surface area contributed by atoms with Gasteiger partial charge in [0.05, 0.1) is 0 Å². The van der Waals surface area contributed by atoms with Crippen LogP contribution in [-0.4, -0.2) is 35.8 Å². The second-order valence-corrected chi connectivity index (χ2v) is 10.1. The van der Waals surface area contributed by atoms with Crippen molar-refractivity contribution in [1.82, 2.24) is 15.5 Å². The van der Waals surface area contributed by atoms with Gasteiger partial charge in [-0.25, -0.2) is 9.18 Å². The zero-order chi connectivity index (χ0) is 22.3. The first-order chi connectivity index (χ1) is 15.4. The molecule has 2 fully saturated rings. The normalized spacial score (nSPS) is 24.0. The monoisotopic (exact) mass is 455 g/mol. The van der Waals surface area contributed by atoms with Crippen molar-refractivity contribution >= 4 is 29.2 Å². The molecule has 0 bridgehead atoms. The van der Waals surface area contributed by atoms with E-state index < -0.39 is 11.6 Å². The molecule has 2 N–H and O–H groups in total. The maximum Gasteiger partial charge on any atom is 0.325 e. The van der Waals surface area contributed by atoms with E-state index in [1.165, 1.54) is 12.1 Å². The fourth-order valence-corrected chi connectivity index (χ4v) is 6.57. The Morgan fingerprint density at radius 1 is 1.09 bits per heavy atom. The van der Waals surface area contributed by atoms with Crippen molar-refractivity contribution in [3.8, 4) is 0 Å². The second kappa shape index (κ2) is 7.99. The van der Waals surface area contributed by atoms with Crippen molar-refractivity contribution in [3.05, 3.63) is 57.5 Å². The summed E-state index contributed by atoms with van der Waals surface area (Å²) in [6.07, 6.45) is 6.19. The highest BCUT2D eigenvalue weighted by Gasteiger charge is 2.54. The molecular weight excluding hydrogens is 429 g/mol. The predicted molar refractivity (Wildman–Crippen MR) is 119 cm³/mol. The number of aryl methyl sites for hydroxylation is 1. The van der Waals surface area contributed by atoms with Crippen LogP contribution in [0.25, 0.3) is 0 Å². The lowest BCUT2D eigenvalue weighted by molar-refractivity contribution is -0.135. The van der Waals surface area contributed by atoms with Gasteiger partial charge in [-0.05, 0) is 61.2 Å². The molecule has 2 heterocycles. The van der Waals surface area contributed by atoms with Crippen LogP contribution >= 0.6 is 11.3 Å². The van der Waals surface area contributed by atoms with Crippen molar-refractivity contribution in [1.29, 1.82) is 0 Å². The van der Waals surface area contributed by atoms with Crippen molar-refractivity contribution in [3.63, 3.8) is 0 Å². The number of urea groups is 1. The Labute approximate surface area is 190 Å². The summed E-state index contributed by atoms with van der Waals surface area (Å²) in [6.45, 7) is 0.103. The topological polar surface area (TPSA) is 78.5 Å². The Balaban J connectivity index is 1.28. The summed E-state index contributed by atoms with van der Waals surface area (Å²) in [7, 11) is 0. The maximum atomic E-state index is 13.4. The summed E-state index contributed by atoms with van der Waals surface area (Å²) in [5.74, 6) is -0.985. The minimum absolute atomic E-state index is 0.239. The largest absolute Gasteiger partial charge is 0.354 e. The summed E-state index contributed by atoms with van der Waals surface area (Å²) in [5, 5.41) is 7.78. The van der Waals surface area contributed by atoms with Gasteiger partial charge in [0.15, 0.2) is 0 Å². The Bertz CT molecular complexity index is 1060. The van der Waals surface area contributed by atoms with Crippen LogP contribution in [0.4, 0.5) is 9.18 Å². The van der Waals surface area contributed by atoms with Crippen molar-refractivity contribution < 1.29 is 18.8 Å². The van der Waals surface area contributed by atoms with E-state index in [0.717, 1.165) is 59.4 Å². The average Bonchev–Trinajstić information content (AvgIpc) is 3.51. The molecule has 2 aromatic rings. The number of halogens is 1. The summed E-state index contributed by atoms with van der Waals surface area (Å²) in [5.41, 5.74) is 0.608. The quantitative estimate of drug-likeness (QED) is 0.677. The molecule has 1 spiro atoms. The number of benzene rings is 1. The fraction of sp³-hybridized carbons (Fsp3) is 0.458. The average molecular weight is 456 g/mol. The van der Waals surface area contributed by atoms with E-state index in [2.05, 4.69) is 10.6 Å². The number of carbonyl (C=O) groups is 3. The van der Waals surface area contributed by atoms with Gasteiger partial charge in [0.25, 0.3) is 5.91 Å². The van der Waals surface area contributed by atoms with Gasteiger partial charge in [0.1, 0.15) is 17.9 Å². The molecule has 32 heavy (non-hydrogen) atoms. The van der Waals surface area contributed by atoms with E-state index in [1.54, 1.807) is 23.5 Å². The molecule has 6 nitrogen and oxygen atoms in total. The van der Waals surface area contributed by atoms with E-state index >= 15 is 0 Å². The van der Waals surface area contributed by atoms with E-state index in [9.17, 15) is 18.8 Å².